The van der Waals surface area contributed by atoms with E-state index in [9.17, 15) is 14.4 Å². The number of fused-ring (bicyclic) bond motifs is 2. The van der Waals surface area contributed by atoms with Crippen molar-refractivity contribution >= 4 is 38.9 Å². The minimum Gasteiger partial charge on any atom is -0.300 e. The Morgan fingerprint density at radius 2 is 1.27 bits per heavy atom. The van der Waals surface area contributed by atoms with Crippen molar-refractivity contribution < 1.29 is 14.4 Å². The van der Waals surface area contributed by atoms with Crippen LogP contribution in [0.2, 0.25) is 0 Å². The fourth-order valence-corrected chi connectivity index (χ4v) is 3.98. The summed E-state index contributed by atoms with van der Waals surface area (Å²) in [5.74, 6) is -1.92. The third-order valence-electron chi connectivity index (χ3n) is 5.60. The number of rotatable bonds is 7. The first-order valence-corrected chi connectivity index (χ1v) is 10.2. The average Bonchev–Trinajstić information content (AvgIpc) is 2.80. The second-order valence-corrected chi connectivity index (χ2v) is 7.44. The average molecular weight is 394 g/mol. The van der Waals surface area contributed by atoms with Crippen molar-refractivity contribution in [3.63, 3.8) is 0 Å². The molecule has 4 rings (SSSR count). The summed E-state index contributed by atoms with van der Waals surface area (Å²) in [6, 6.07) is 26.3. The van der Waals surface area contributed by atoms with Gasteiger partial charge in [0.25, 0.3) is 0 Å². The minimum absolute atomic E-state index is 0.0276. The lowest BCUT2D eigenvalue weighted by molar-refractivity contribution is -0.123. The summed E-state index contributed by atoms with van der Waals surface area (Å²) < 4.78 is 0. The summed E-state index contributed by atoms with van der Waals surface area (Å²) in [5, 5.41) is 3.53. The summed E-state index contributed by atoms with van der Waals surface area (Å²) in [6.45, 7) is 1.78. The zero-order valence-corrected chi connectivity index (χ0v) is 16.8. The first-order chi connectivity index (χ1) is 14.6. The molecule has 30 heavy (non-hydrogen) atoms. The molecule has 1 unspecified atom stereocenters. The monoisotopic (exact) mass is 394 g/mol. The van der Waals surface area contributed by atoms with Gasteiger partial charge in [0.2, 0.25) is 11.6 Å². The van der Waals surface area contributed by atoms with Gasteiger partial charge in [0.1, 0.15) is 5.78 Å². The molecule has 148 valence electrons. The quantitative estimate of drug-likeness (QED) is 0.290. The van der Waals surface area contributed by atoms with Gasteiger partial charge < -0.3 is 0 Å². The summed E-state index contributed by atoms with van der Waals surface area (Å²) >= 11 is 0. The third-order valence-corrected chi connectivity index (χ3v) is 5.60. The van der Waals surface area contributed by atoms with Gasteiger partial charge in [-0.3, -0.25) is 14.4 Å². The van der Waals surface area contributed by atoms with Crippen LogP contribution in [0.4, 0.5) is 0 Å². The lowest BCUT2D eigenvalue weighted by atomic mass is 9.83. The highest BCUT2D eigenvalue weighted by Gasteiger charge is 2.31. The molecule has 0 radical (unpaired) electrons. The number of carbonyl (C=O) groups excluding carboxylic acids is 3. The Hall–Kier alpha value is -3.59. The van der Waals surface area contributed by atoms with Gasteiger partial charge in [0.15, 0.2) is 0 Å². The van der Waals surface area contributed by atoms with Gasteiger partial charge in [-0.2, -0.15) is 0 Å². The van der Waals surface area contributed by atoms with Crippen molar-refractivity contribution in [1.82, 2.24) is 0 Å². The van der Waals surface area contributed by atoms with E-state index in [4.69, 9.17) is 0 Å². The van der Waals surface area contributed by atoms with E-state index in [1.165, 1.54) is 0 Å². The van der Waals surface area contributed by atoms with Crippen molar-refractivity contribution in [2.75, 3.05) is 0 Å². The highest BCUT2D eigenvalue weighted by atomic mass is 16.2. The maximum absolute atomic E-state index is 13.5. The van der Waals surface area contributed by atoms with Gasteiger partial charge in [-0.15, -0.1) is 0 Å². The van der Waals surface area contributed by atoms with E-state index in [-0.39, 0.29) is 12.2 Å². The maximum atomic E-state index is 13.5. The van der Waals surface area contributed by atoms with Crippen LogP contribution >= 0.6 is 0 Å². The van der Waals surface area contributed by atoms with Crippen LogP contribution in [0.15, 0.2) is 84.9 Å². The van der Waals surface area contributed by atoms with E-state index in [0.29, 0.717) is 12.0 Å². The van der Waals surface area contributed by atoms with Crippen LogP contribution in [0.1, 0.15) is 41.6 Å². The third kappa shape index (κ3) is 3.67. The molecule has 0 aliphatic rings. The van der Waals surface area contributed by atoms with Crippen molar-refractivity contribution in [2.24, 2.45) is 0 Å². The normalized spacial score (nSPS) is 12.0. The summed E-state index contributed by atoms with van der Waals surface area (Å²) in [6.07, 6.45) is 0.358. The lowest BCUT2D eigenvalue weighted by Gasteiger charge is -2.17. The second kappa shape index (κ2) is 8.42. The van der Waals surface area contributed by atoms with Gasteiger partial charge in [-0.1, -0.05) is 91.9 Å². The maximum Gasteiger partial charge on any atom is 0.229 e. The molecule has 0 saturated heterocycles. The molecule has 0 spiro atoms. The van der Waals surface area contributed by atoms with Crippen LogP contribution in [0.25, 0.3) is 21.5 Å². The standard InChI is InChI=1S/C27H22O3/c1-2-20(28)17-25(23-15-7-11-18-9-3-5-13-21(18)23)27(30)26(29)24-16-8-12-19-10-4-6-14-22(19)24/h3-16,25H,2,17H2,1H3. The SMILES string of the molecule is CCC(=O)CC(C(=O)C(=O)c1cccc2ccccc12)c1cccc2ccccc12. The molecular weight excluding hydrogens is 372 g/mol. The molecule has 3 heteroatoms. The van der Waals surface area contributed by atoms with Gasteiger partial charge in [0, 0.05) is 18.4 Å². The predicted octanol–water partition coefficient (Wildman–Crippen LogP) is 5.90. The Kier molecular flexibility index (Phi) is 5.53. The fraction of sp³-hybridized carbons (Fsp3) is 0.148. The molecule has 0 aliphatic heterocycles. The van der Waals surface area contributed by atoms with Crippen molar-refractivity contribution in [2.45, 2.75) is 25.7 Å². The molecule has 4 aromatic rings. The molecular formula is C27H22O3. The lowest BCUT2D eigenvalue weighted by Crippen LogP contribution is -2.25. The molecule has 4 aromatic carbocycles. The van der Waals surface area contributed by atoms with Crippen molar-refractivity contribution in [1.29, 1.82) is 0 Å². The number of ketones is 3. The fourth-order valence-electron chi connectivity index (χ4n) is 3.98. The highest BCUT2D eigenvalue weighted by molar-refractivity contribution is 6.47. The Morgan fingerprint density at radius 3 is 1.97 bits per heavy atom. The highest BCUT2D eigenvalue weighted by Crippen LogP contribution is 2.31. The predicted molar refractivity (Wildman–Crippen MR) is 120 cm³/mol. The second-order valence-electron chi connectivity index (χ2n) is 7.44. The Bertz CT molecular complexity index is 1260. The molecule has 0 fully saturated rings. The van der Waals surface area contributed by atoms with Gasteiger partial charge >= 0.3 is 0 Å². The van der Waals surface area contributed by atoms with Crippen LogP contribution < -0.4 is 0 Å². The number of hydrogen-bond acceptors (Lipinski definition) is 3. The Balaban J connectivity index is 1.82. The van der Waals surface area contributed by atoms with Crippen LogP contribution in [0, 0.1) is 0 Å². The van der Waals surface area contributed by atoms with Gasteiger partial charge in [-0.25, -0.2) is 0 Å². The van der Waals surface area contributed by atoms with Crippen LogP contribution in [0.5, 0.6) is 0 Å². The number of Topliss-reactive ketones (excluding diaryl/α,β-unsaturated/α-hetero) is 3. The van der Waals surface area contributed by atoms with E-state index in [2.05, 4.69) is 0 Å². The van der Waals surface area contributed by atoms with Crippen molar-refractivity contribution in [3.05, 3.63) is 96.1 Å². The first-order valence-electron chi connectivity index (χ1n) is 10.2. The van der Waals surface area contributed by atoms with E-state index < -0.39 is 17.5 Å². The van der Waals surface area contributed by atoms with E-state index in [0.717, 1.165) is 27.1 Å². The molecule has 0 saturated carbocycles. The Morgan fingerprint density at radius 1 is 0.700 bits per heavy atom. The molecule has 0 bridgehead atoms. The van der Waals surface area contributed by atoms with E-state index >= 15 is 0 Å². The van der Waals surface area contributed by atoms with E-state index in [1.54, 1.807) is 19.1 Å². The molecule has 0 amide bonds. The number of carbonyl (C=O) groups is 3. The number of hydrogen-bond donors (Lipinski definition) is 0. The van der Waals surface area contributed by atoms with Gasteiger partial charge in [-0.05, 0) is 27.1 Å². The van der Waals surface area contributed by atoms with E-state index in [1.807, 2.05) is 72.8 Å². The van der Waals surface area contributed by atoms with Crippen LogP contribution in [-0.2, 0) is 9.59 Å². The van der Waals surface area contributed by atoms with Crippen LogP contribution in [0.3, 0.4) is 0 Å². The Labute approximate surface area is 175 Å². The smallest absolute Gasteiger partial charge is 0.229 e. The summed E-state index contributed by atoms with van der Waals surface area (Å²) in [4.78, 5) is 39.1. The zero-order chi connectivity index (χ0) is 21.1. The zero-order valence-electron chi connectivity index (χ0n) is 16.8. The molecule has 0 aliphatic carbocycles. The number of benzene rings is 4. The first kappa shape index (κ1) is 19.7. The minimum atomic E-state index is -0.796. The van der Waals surface area contributed by atoms with Gasteiger partial charge in [0.05, 0.1) is 5.92 Å². The molecule has 0 N–H and O–H groups in total. The topological polar surface area (TPSA) is 51.2 Å². The van der Waals surface area contributed by atoms with Crippen LogP contribution in [-0.4, -0.2) is 17.3 Å². The molecule has 3 nitrogen and oxygen atoms in total. The summed E-state index contributed by atoms with van der Waals surface area (Å²) in [7, 11) is 0. The molecule has 0 aromatic heterocycles. The largest absolute Gasteiger partial charge is 0.300 e. The van der Waals surface area contributed by atoms with Crippen molar-refractivity contribution in [3.8, 4) is 0 Å². The summed E-state index contributed by atoms with van der Waals surface area (Å²) in [5.41, 5.74) is 1.11. The molecule has 0 heterocycles. The molecule has 1 atom stereocenters.